The SMILES string of the molecule is COc1ccc(Sc2ccc(CN)cn2)cc1. The molecule has 0 saturated heterocycles. The van der Waals surface area contributed by atoms with Crippen LogP contribution < -0.4 is 10.5 Å². The van der Waals surface area contributed by atoms with Crippen LogP contribution in [-0.4, -0.2) is 12.1 Å². The lowest BCUT2D eigenvalue weighted by atomic mass is 10.3. The van der Waals surface area contributed by atoms with Crippen molar-refractivity contribution in [3.63, 3.8) is 0 Å². The van der Waals surface area contributed by atoms with E-state index >= 15 is 0 Å². The summed E-state index contributed by atoms with van der Waals surface area (Å²) in [4.78, 5) is 5.48. The molecule has 1 heterocycles. The highest BCUT2D eigenvalue weighted by Crippen LogP contribution is 2.27. The fraction of sp³-hybridized carbons (Fsp3) is 0.154. The van der Waals surface area contributed by atoms with E-state index < -0.39 is 0 Å². The Morgan fingerprint density at radius 1 is 1.18 bits per heavy atom. The lowest BCUT2D eigenvalue weighted by Gasteiger charge is -2.03. The molecule has 0 aliphatic carbocycles. The summed E-state index contributed by atoms with van der Waals surface area (Å²) in [5, 5.41) is 0.965. The summed E-state index contributed by atoms with van der Waals surface area (Å²) >= 11 is 1.62. The average Bonchev–Trinajstić information content (AvgIpc) is 2.40. The molecule has 0 aliphatic rings. The Bertz CT molecular complexity index is 422. The van der Waals surface area contributed by atoms with Crippen molar-refractivity contribution in [2.45, 2.75) is 16.5 Å². The predicted octanol–water partition coefficient (Wildman–Crippen LogP) is 2.70. The van der Waals surface area contributed by atoms with Crippen LogP contribution in [-0.2, 0) is 6.54 Å². The van der Waals surface area contributed by atoms with E-state index in [9.17, 15) is 0 Å². The van der Waals surface area contributed by atoms with Gasteiger partial charge in [0.25, 0.3) is 0 Å². The molecule has 2 N–H and O–H groups in total. The Morgan fingerprint density at radius 3 is 2.47 bits per heavy atom. The standard InChI is InChI=1S/C13H14N2OS/c1-16-11-3-5-12(6-4-11)17-13-7-2-10(8-14)9-15-13/h2-7,9H,8,14H2,1H3. The predicted molar refractivity (Wildman–Crippen MR) is 69.2 cm³/mol. The summed E-state index contributed by atoms with van der Waals surface area (Å²) in [7, 11) is 1.66. The molecule has 0 amide bonds. The van der Waals surface area contributed by atoms with Crippen LogP contribution in [0.1, 0.15) is 5.56 Å². The Morgan fingerprint density at radius 2 is 1.94 bits per heavy atom. The zero-order chi connectivity index (χ0) is 12.1. The minimum Gasteiger partial charge on any atom is -0.497 e. The van der Waals surface area contributed by atoms with Gasteiger partial charge in [-0.3, -0.25) is 0 Å². The highest BCUT2D eigenvalue weighted by molar-refractivity contribution is 7.99. The van der Waals surface area contributed by atoms with Crippen molar-refractivity contribution in [3.05, 3.63) is 48.2 Å². The molecule has 2 rings (SSSR count). The van der Waals surface area contributed by atoms with Crippen LogP contribution in [0.4, 0.5) is 0 Å². The van der Waals surface area contributed by atoms with Crippen LogP contribution in [0.2, 0.25) is 0 Å². The van der Waals surface area contributed by atoms with E-state index in [1.54, 1.807) is 18.9 Å². The van der Waals surface area contributed by atoms with Crippen LogP contribution in [0.3, 0.4) is 0 Å². The Hall–Kier alpha value is -1.52. The van der Waals surface area contributed by atoms with Crippen molar-refractivity contribution in [1.82, 2.24) is 4.98 Å². The lowest BCUT2D eigenvalue weighted by Crippen LogP contribution is -1.96. The third kappa shape index (κ3) is 3.22. The summed E-state index contributed by atoms with van der Waals surface area (Å²) < 4.78 is 5.11. The smallest absolute Gasteiger partial charge is 0.118 e. The third-order valence-electron chi connectivity index (χ3n) is 2.32. The second kappa shape index (κ2) is 5.70. The molecule has 0 spiro atoms. The number of nitrogens with two attached hydrogens (primary N) is 1. The van der Waals surface area contributed by atoms with E-state index in [4.69, 9.17) is 10.5 Å². The molecule has 4 heteroatoms. The second-order valence-corrected chi connectivity index (χ2v) is 4.58. The number of rotatable bonds is 4. The van der Waals surface area contributed by atoms with Crippen LogP contribution in [0.5, 0.6) is 5.75 Å². The first kappa shape index (κ1) is 12.0. The number of pyridine rings is 1. The number of methoxy groups -OCH3 is 1. The second-order valence-electron chi connectivity index (χ2n) is 3.49. The normalized spacial score (nSPS) is 10.2. The summed E-state index contributed by atoms with van der Waals surface area (Å²) in [5.41, 5.74) is 6.57. The van der Waals surface area contributed by atoms with E-state index in [1.165, 1.54) is 0 Å². The van der Waals surface area contributed by atoms with Crippen molar-refractivity contribution < 1.29 is 4.74 Å². The summed E-state index contributed by atoms with van der Waals surface area (Å²) in [6.07, 6.45) is 1.81. The van der Waals surface area contributed by atoms with E-state index in [2.05, 4.69) is 4.98 Å². The maximum atomic E-state index is 5.52. The molecular formula is C13H14N2OS. The number of aromatic nitrogens is 1. The van der Waals surface area contributed by atoms with E-state index in [0.717, 1.165) is 21.2 Å². The van der Waals surface area contributed by atoms with Gasteiger partial charge in [-0.25, -0.2) is 4.98 Å². The Labute approximate surface area is 105 Å². The number of hydrogen-bond acceptors (Lipinski definition) is 4. The minimum atomic E-state index is 0.528. The molecule has 2 aromatic rings. The molecule has 0 radical (unpaired) electrons. The Kier molecular flexibility index (Phi) is 4.01. The van der Waals surface area contributed by atoms with Gasteiger partial charge in [0.1, 0.15) is 10.8 Å². The van der Waals surface area contributed by atoms with Gasteiger partial charge in [-0.1, -0.05) is 17.8 Å². The largest absolute Gasteiger partial charge is 0.497 e. The van der Waals surface area contributed by atoms with Gasteiger partial charge in [-0.15, -0.1) is 0 Å². The highest BCUT2D eigenvalue weighted by atomic mass is 32.2. The summed E-state index contributed by atoms with van der Waals surface area (Å²) in [5.74, 6) is 0.862. The lowest BCUT2D eigenvalue weighted by molar-refractivity contribution is 0.414. The molecule has 88 valence electrons. The summed E-state index contributed by atoms with van der Waals surface area (Å²) in [6.45, 7) is 0.528. The topological polar surface area (TPSA) is 48.1 Å². The monoisotopic (exact) mass is 246 g/mol. The number of benzene rings is 1. The molecule has 3 nitrogen and oxygen atoms in total. The number of ether oxygens (including phenoxy) is 1. The first-order valence-electron chi connectivity index (χ1n) is 5.28. The fourth-order valence-corrected chi connectivity index (χ4v) is 2.11. The summed E-state index contributed by atoms with van der Waals surface area (Å²) in [6, 6.07) is 11.9. The van der Waals surface area contributed by atoms with Gasteiger partial charge in [0.2, 0.25) is 0 Å². The van der Waals surface area contributed by atoms with Crippen molar-refractivity contribution in [3.8, 4) is 5.75 Å². The molecule has 0 bridgehead atoms. The van der Waals surface area contributed by atoms with Crippen molar-refractivity contribution in [2.75, 3.05) is 7.11 Å². The molecule has 0 aliphatic heterocycles. The maximum absolute atomic E-state index is 5.52. The number of hydrogen-bond donors (Lipinski definition) is 1. The van der Waals surface area contributed by atoms with Gasteiger partial charge >= 0.3 is 0 Å². The zero-order valence-electron chi connectivity index (χ0n) is 9.59. The molecule has 0 fully saturated rings. The van der Waals surface area contributed by atoms with E-state index in [-0.39, 0.29) is 0 Å². The van der Waals surface area contributed by atoms with E-state index in [0.29, 0.717) is 6.54 Å². The third-order valence-corrected chi connectivity index (χ3v) is 3.27. The molecule has 0 atom stereocenters. The van der Waals surface area contributed by atoms with Crippen LogP contribution in [0.15, 0.2) is 52.5 Å². The molecule has 1 aromatic heterocycles. The fourth-order valence-electron chi connectivity index (χ4n) is 1.36. The van der Waals surface area contributed by atoms with Crippen molar-refractivity contribution in [1.29, 1.82) is 0 Å². The number of nitrogens with zero attached hydrogens (tertiary/aromatic N) is 1. The van der Waals surface area contributed by atoms with Gasteiger partial charge in [-0.2, -0.15) is 0 Å². The first-order valence-corrected chi connectivity index (χ1v) is 6.10. The van der Waals surface area contributed by atoms with E-state index in [1.807, 2.05) is 42.6 Å². The van der Waals surface area contributed by atoms with Gasteiger partial charge in [0.15, 0.2) is 0 Å². The zero-order valence-corrected chi connectivity index (χ0v) is 10.4. The molecule has 17 heavy (non-hydrogen) atoms. The Balaban J connectivity index is 2.08. The van der Waals surface area contributed by atoms with Crippen LogP contribution >= 0.6 is 11.8 Å². The van der Waals surface area contributed by atoms with Crippen molar-refractivity contribution in [2.24, 2.45) is 5.73 Å². The molecule has 1 aromatic carbocycles. The van der Waals surface area contributed by atoms with Gasteiger partial charge < -0.3 is 10.5 Å². The van der Waals surface area contributed by atoms with Gasteiger partial charge in [0.05, 0.1) is 7.11 Å². The van der Waals surface area contributed by atoms with Gasteiger partial charge in [-0.05, 0) is 35.9 Å². The van der Waals surface area contributed by atoms with Crippen molar-refractivity contribution >= 4 is 11.8 Å². The minimum absolute atomic E-state index is 0.528. The highest BCUT2D eigenvalue weighted by Gasteiger charge is 1.99. The molecule has 0 saturated carbocycles. The first-order chi connectivity index (χ1) is 8.31. The quantitative estimate of drug-likeness (QED) is 0.901. The van der Waals surface area contributed by atoms with Crippen LogP contribution in [0.25, 0.3) is 0 Å². The average molecular weight is 246 g/mol. The maximum Gasteiger partial charge on any atom is 0.118 e. The molecule has 0 unspecified atom stereocenters. The van der Waals surface area contributed by atoms with Gasteiger partial charge in [0, 0.05) is 17.6 Å². The van der Waals surface area contributed by atoms with Crippen LogP contribution in [0, 0.1) is 0 Å². The molecular weight excluding hydrogens is 232 g/mol.